The third-order valence-corrected chi connectivity index (χ3v) is 4.39. The lowest BCUT2D eigenvalue weighted by Gasteiger charge is -2.38. The van der Waals surface area contributed by atoms with Gasteiger partial charge in [-0.25, -0.2) is 0 Å². The van der Waals surface area contributed by atoms with Crippen molar-refractivity contribution >= 4 is 23.8 Å². The van der Waals surface area contributed by atoms with Gasteiger partial charge in [0, 0.05) is 6.54 Å². The summed E-state index contributed by atoms with van der Waals surface area (Å²) >= 11 is 0. The number of carbonyl (C=O) groups is 2. The molecule has 6 nitrogen and oxygen atoms in total. The Hall–Kier alpha value is -3.15. The van der Waals surface area contributed by atoms with Gasteiger partial charge in [-0.05, 0) is 31.5 Å². The Kier molecular flexibility index (Phi) is 4.75. The first kappa shape index (κ1) is 17.7. The number of nitrogens with zero attached hydrogens (tertiary/aromatic N) is 1. The van der Waals surface area contributed by atoms with E-state index in [-0.39, 0.29) is 6.54 Å². The summed E-state index contributed by atoms with van der Waals surface area (Å²) in [6, 6.07) is 15.3. The van der Waals surface area contributed by atoms with Gasteiger partial charge in [0.05, 0.1) is 11.7 Å². The summed E-state index contributed by atoms with van der Waals surface area (Å²) in [6.45, 7) is 3.14. The van der Waals surface area contributed by atoms with Gasteiger partial charge in [-0.3, -0.25) is 14.4 Å². The topological polar surface area (TPSA) is 75.7 Å². The fraction of sp³-hybridized carbons (Fsp3) is 0.250. The fourth-order valence-electron chi connectivity index (χ4n) is 2.81. The Morgan fingerprint density at radius 1 is 1.19 bits per heavy atom. The van der Waals surface area contributed by atoms with E-state index in [1.807, 2.05) is 36.6 Å². The van der Waals surface area contributed by atoms with E-state index in [1.165, 1.54) is 11.8 Å². The number of fused-ring (bicyclic) bond motifs is 1. The summed E-state index contributed by atoms with van der Waals surface area (Å²) < 4.78 is 5.77. The van der Waals surface area contributed by atoms with Gasteiger partial charge in [-0.15, -0.1) is 0 Å². The van der Waals surface area contributed by atoms with Crippen molar-refractivity contribution in [3.05, 3.63) is 60.2 Å². The normalized spacial score (nSPS) is 19.5. The van der Waals surface area contributed by atoms with Crippen LogP contribution in [0.5, 0.6) is 5.75 Å². The predicted molar refractivity (Wildman–Crippen MR) is 96.3 cm³/mol. The lowest BCUT2D eigenvalue weighted by molar-refractivity contribution is -0.155. The van der Waals surface area contributed by atoms with Gasteiger partial charge in [0.2, 0.25) is 6.29 Å². The molecule has 2 amide bonds. The van der Waals surface area contributed by atoms with Crippen molar-refractivity contribution in [2.45, 2.75) is 32.0 Å². The molecule has 1 unspecified atom stereocenters. The third-order valence-electron chi connectivity index (χ3n) is 4.39. The molecule has 2 atom stereocenters. The van der Waals surface area contributed by atoms with Gasteiger partial charge in [0.15, 0.2) is 0 Å². The van der Waals surface area contributed by atoms with Crippen LogP contribution in [0.25, 0.3) is 0 Å². The molecular weight excluding hydrogens is 332 g/mol. The number of hydrogen-bond donors (Lipinski definition) is 1. The smallest absolute Gasteiger partial charge is 0.278 e. The molecule has 0 saturated carbocycles. The molecule has 1 aliphatic heterocycles. The highest BCUT2D eigenvalue weighted by molar-refractivity contribution is 6.15. The van der Waals surface area contributed by atoms with Gasteiger partial charge < -0.3 is 15.0 Å². The SMILES string of the molecule is C[C@@H]([C]=O)N(Cc1ccccc1)C(=O)C1(C)Oc2ccccc2NC1=O. The quantitative estimate of drug-likeness (QED) is 0.839. The monoisotopic (exact) mass is 351 g/mol. The number of rotatable bonds is 5. The van der Waals surface area contributed by atoms with Crippen molar-refractivity contribution in [2.75, 3.05) is 5.32 Å². The van der Waals surface area contributed by atoms with Crippen LogP contribution in [0.4, 0.5) is 5.69 Å². The number of amides is 2. The molecule has 6 heteroatoms. The van der Waals surface area contributed by atoms with E-state index >= 15 is 0 Å². The van der Waals surface area contributed by atoms with Gasteiger partial charge in [-0.2, -0.15) is 0 Å². The maximum atomic E-state index is 13.2. The van der Waals surface area contributed by atoms with Crippen LogP contribution >= 0.6 is 0 Å². The molecule has 0 spiro atoms. The summed E-state index contributed by atoms with van der Waals surface area (Å²) in [5, 5.41) is 2.70. The lowest BCUT2D eigenvalue weighted by atomic mass is 9.99. The summed E-state index contributed by atoms with van der Waals surface area (Å²) in [4.78, 5) is 38.4. The van der Waals surface area contributed by atoms with Crippen molar-refractivity contribution < 1.29 is 19.1 Å². The first-order chi connectivity index (χ1) is 12.5. The molecule has 0 aliphatic carbocycles. The highest BCUT2D eigenvalue weighted by atomic mass is 16.5. The number of nitrogens with one attached hydrogen (secondary N) is 1. The van der Waals surface area contributed by atoms with Crippen LogP contribution in [0.3, 0.4) is 0 Å². The van der Waals surface area contributed by atoms with Crippen molar-refractivity contribution in [3.8, 4) is 5.75 Å². The molecule has 0 fully saturated rings. The minimum absolute atomic E-state index is 0.171. The van der Waals surface area contributed by atoms with E-state index in [0.29, 0.717) is 11.4 Å². The number of benzene rings is 2. The molecule has 2 aromatic carbocycles. The number of carbonyl (C=O) groups excluding carboxylic acids is 3. The Morgan fingerprint density at radius 2 is 1.85 bits per heavy atom. The molecule has 0 aromatic heterocycles. The van der Waals surface area contributed by atoms with E-state index in [0.717, 1.165) is 5.56 Å². The molecule has 1 heterocycles. The standard InChI is InChI=1S/C20H19N2O4/c1-14(13-23)22(12-15-8-4-3-5-9-15)19(25)20(2)18(24)21-16-10-6-7-11-17(16)26-20/h3-11,14H,12H2,1-2H3,(H,21,24)/t14-,20?/m0/s1. The number of ether oxygens (including phenoxy) is 1. The number of hydrogen-bond acceptors (Lipinski definition) is 4. The Bertz CT molecular complexity index is 837. The second kappa shape index (κ2) is 7.00. The maximum absolute atomic E-state index is 13.2. The highest BCUT2D eigenvalue weighted by Gasteiger charge is 2.50. The van der Waals surface area contributed by atoms with Gasteiger partial charge in [0.1, 0.15) is 5.75 Å². The zero-order chi connectivity index (χ0) is 18.7. The number of para-hydroxylation sites is 2. The predicted octanol–water partition coefficient (Wildman–Crippen LogP) is 2.30. The van der Waals surface area contributed by atoms with Crippen molar-refractivity contribution in [3.63, 3.8) is 0 Å². The first-order valence-corrected chi connectivity index (χ1v) is 8.28. The van der Waals surface area contributed by atoms with Crippen molar-refractivity contribution in [2.24, 2.45) is 0 Å². The second-order valence-electron chi connectivity index (χ2n) is 6.30. The molecule has 1 aliphatic rings. The van der Waals surface area contributed by atoms with Crippen LogP contribution in [-0.2, 0) is 20.9 Å². The van der Waals surface area contributed by atoms with E-state index < -0.39 is 23.5 Å². The summed E-state index contributed by atoms with van der Waals surface area (Å²) in [6.07, 6.45) is 1.82. The first-order valence-electron chi connectivity index (χ1n) is 8.28. The molecule has 3 rings (SSSR count). The van der Waals surface area contributed by atoms with Gasteiger partial charge in [-0.1, -0.05) is 42.5 Å². The van der Waals surface area contributed by atoms with Crippen LogP contribution in [0.1, 0.15) is 19.4 Å². The summed E-state index contributed by atoms with van der Waals surface area (Å²) in [5.74, 6) is -0.757. The molecular formula is C20H19N2O4. The van der Waals surface area contributed by atoms with Crippen molar-refractivity contribution in [1.82, 2.24) is 4.90 Å². The van der Waals surface area contributed by atoms with Crippen LogP contribution < -0.4 is 10.1 Å². The van der Waals surface area contributed by atoms with Crippen LogP contribution in [0.15, 0.2) is 54.6 Å². The van der Waals surface area contributed by atoms with E-state index in [4.69, 9.17) is 4.74 Å². The average molecular weight is 351 g/mol. The molecule has 0 saturated heterocycles. The zero-order valence-corrected chi connectivity index (χ0v) is 14.6. The second-order valence-corrected chi connectivity index (χ2v) is 6.30. The Morgan fingerprint density at radius 3 is 2.54 bits per heavy atom. The van der Waals surface area contributed by atoms with Crippen LogP contribution in [-0.4, -0.2) is 34.6 Å². The third kappa shape index (κ3) is 3.18. The van der Waals surface area contributed by atoms with Gasteiger partial charge >= 0.3 is 0 Å². The minimum atomic E-state index is -1.77. The number of anilines is 1. The van der Waals surface area contributed by atoms with Gasteiger partial charge in [0.25, 0.3) is 17.4 Å². The molecule has 1 radical (unpaired) electrons. The van der Waals surface area contributed by atoms with E-state index in [1.54, 1.807) is 31.2 Å². The van der Waals surface area contributed by atoms with Crippen LogP contribution in [0, 0.1) is 0 Å². The molecule has 2 aromatic rings. The molecule has 0 bridgehead atoms. The maximum Gasteiger partial charge on any atom is 0.278 e. The fourth-order valence-corrected chi connectivity index (χ4v) is 2.81. The summed E-state index contributed by atoms with van der Waals surface area (Å²) in [5.41, 5.74) is -0.426. The lowest BCUT2D eigenvalue weighted by Crippen LogP contribution is -2.61. The molecule has 1 N–H and O–H groups in total. The van der Waals surface area contributed by atoms with Crippen molar-refractivity contribution in [1.29, 1.82) is 0 Å². The highest BCUT2D eigenvalue weighted by Crippen LogP contribution is 2.34. The molecule has 26 heavy (non-hydrogen) atoms. The zero-order valence-electron chi connectivity index (χ0n) is 14.6. The average Bonchev–Trinajstić information content (AvgIpc) is 2.66. The molecule has 133 valence electrons. The van der Waals surface area contributed by atoms with E-state index in [2.05, 4.69) is 5.32 Å². The van der Waals surface area contributed by atoms with Crippen LogP contribution in [0.2, 0.25) is 0 Å². The largest absolute Gasteiger partial charge is 0.466 e. The minimum Gasteiger partial charge on any atom is -0.466 e. The Balaban J connectivity index is 1.93. The Labute approximate surface area is 151 Å². The van der Waals surface area contributed by atoms with E-state index in [9.17, 15) is 14.4 Å². The summed E-state index contributed by atoms with van der Waals surface area (Å²) in [7, 11) is 0.